The van der Waals surface area contributed by atoms with E-state index in [1.54, 1.807) is 0 Å². The van der Waals surface area contributed by atoms with E-state index in [1.165, 1.54) is 11.3 Å². The van der Waals surface area contributed by atoms with E-state index in [4.69, 9.17) is 4.74 Å². The number of aldehydes is 1. The third kappa shape index (κ3) is 5.49. The summed E-state index contributed by atoms with van der Waals surface area (Å²) in [7, 11) is 0. The van der Waals surface area contributed by atoms with Crippen molar-refractivity contribution in [1.29, 1.82) is 0 Å². The zero-order valence-electron chi connectivity index (χ0n) is 10.3. The van der Waals surface area contributed by atoms with Gasteiger partial charge in [-0.15, -0.1) is 11.3 Å². The molecule has 1 aromatic heterocycles. The molecule has 1 heterocycles. The molecular formula is C12H17NO3S. The molecule has 0 aliphatic carbocycles. The molecule has 0 unspecified atom stereocenters. The summed E-state index contributed by atoms with van der Waals surface area (Å²) in [4.78, 5) is 23.7. The highest BCUT2D eigenvalue weighted by molar-refractivity contribution is 7.12. The molecule has 0 radical (unpaired) electrons. The lowest BCUT2D eigenvalue weighted by atomic mass is 10.2. The summed E-state index contributed by atoms with van der Waals surface area (Å²) in [5.74, 6) is 0. The summed E-state index contributed by atoms with van der Waals surface area (Å²) in [6, 6.07) is 3.80. The molecule has 1 amide bonds. The number of alkyl carbamates (subject to hydrolysis) is 1. The van der Waals surface area contributed by atoms with Crippen molar-refractivity contribution in [2.75, 3.05) is 0 Å². The summed E-state index contributed by atoms with van der Waals surface area (Å²) < 4.78 is 5.11. The molecule has 0 aromatic carbocycles. The third-order valence-electron chi connectivity index (χ3n) is 1.81. The van der Waals surface area contributed by atoms with Gasteiger partial charge in [0.1, 0.15) is 11.9 Å². The van der Waals surface area contributed by atoms with Crippen LogP contribution in [0.15, 0.2) is 12.1 Å². The number of rotatable bonds is 4. The van der Waals surface area contributed by atoms with Gasteiger partial charge in [-0.1, -0.05) is 0 Å². The number of hydrogen-bond donors (Lipinski definition) is 1. The molecule has 0 saturated heterocycles. The van der Waals surface area contributed by atoms with Crippen molar-refractivity contribution in [3.05, 3.63) is 21.9 Å². The third-order valence-corrected chi connectivity index (χ3v) is 2.92. The fourth-order valence-corrected chi connectivity index (χ4v) is 2.09. The zero-order valence-corrected chi connectivity index (χ0v) is 11.1. The highest BCUT2D eigenvalue weighted by atomic mass is 32.1. The second-order valence-electron chi connectivity index (χ2n) is 4.59. The van der Waals surface area contributed by atoms with Gasteiger partial charge in [0.2, 0.25) is 0 Å². The highest BCUT2D eigenvalue weighted by Gasteiger charge is 2.15. The van der Waals surface area contributed by atoms with Crippen molar-refractivity contribution in [1.82, 2.24) is 5.32 Å². The second-order valence-corrected chi connectivity index (χ2v) is 5.85. The van der Waals surface area contributed by atoms with E-state index in [1.807, 2.05) is 32.9 Å². The van der Waals surface area contributed by atoms with Gasteiger partial charge >= 0.3 is 6.09 Å². The number of nitrogens with one attached hydrogen (secondary N) is 1. The molecule has 0 spiro atoms. The lowest BCUT2D eigenvalue weighted by molar-refractivity contribution is -0.107. The Morgan fingerprint density at radius 1 is 1.41 bits per heavy atom. The van der Waals surface area contributed by atoms with Crippen molar-refractivity contribution in [3.8, 4) is 0 Å². The normalized spacial score (nSPS) is 11.0. The maximum atomic E-state index is 11.4. The molecule has 4 nitrogen and oxygen atoms in total. The van der Waals surface area contributed by atoms with Crippen LogP contribution in [0, 0.1) is 0 Å². The molecule has 94 valence electrons. The molecule has 1 aromatic rings. The van der Waals surface area contributed by atoms with Gasteiger partial charge < -0.3 is 14.8 Å². The van der Waals surface area contributed by atoms with Gasteiger partial charge in [-0.05, 0) is 32.9 Å². The maximum absolute atomic E-state index is 11.4. The van der Waals surface area contributed by atoms with E-state index in [0.29, 0.717) is 13.0 Å². The average molecular weight is 255 g/mol. The Bertz CT molecular complexity index is 393. The first-order valence-corrected chi connectivity index (χ1v) is 6.20. The Kier molecular flexibility index (Phi) is 4.69. The summed E-state index contributed by atoms with van der Waals surface area (Å²) in [5.41, 5.74) is -0.484. The topological polar surface area (TPSA) is 55.4 Å². The van der Waals surface area contributed by atoms with Gasteiger partial charge in [0.05, 0.1) is 6.54 Å². The Labute approximate surface area is 105 Å². The summed E-state index contributed by atoms with van der Waals surface area (Å²) in [5, 5.41) is 2.67. The molecule has 0 fully saturated rings. The van der Waals surface area contributed by atoms with E-state index in [0.717, 1.165) is 16.0 Å². The van der Waals surface area contributed by atoms with E-state index < -0.39 is 11.7 Å². The first-order valence-electron chi connectivity index (χ1n) is 5.39. The molecule has 17 heavy (non-hydrogen) atoms. The van der Waals surface area contributed by atoms with Crippen LogP contribution in [-0.2, 0) is 22.5 Å². The van der Waals surface area contributed by atoms with Gasteiger partial charge in [-0.2, -0.15) is 0 Å². The van der Waals surface area contributed by atoms with Crippen LogP contribution in [0.4, 0.5) is 4.79 Å². The van der Waals surface area contributed by atoms with Gasteiger partial charge in [0.25, 0.3) is 0 Å². The minimum atomic E-state index is -0.484. The molecule has 0 aliphatic heterocycles. The molecule has 0 atom stereocenters. The standard InChI is InChI=1S/C12H17NO3S/c1-12(2,3)16-11(15)13-8-10-5-4-9(17-10)6-7-14/h4-5,7H,6,8H2,1-3H3,(H,13,15). The van der Waals surface area contributed by atoms with E-state index in [9.17, 15) is 9.59 Å². The van der Waals surface area contributed by atoms with Gasteiger partial charge in [0.15, 0.2) is 0 Å². The van der Waals surface area contributed by atoms with Crippen LogP contribution in [-0.4, -0.2) is 18.0 Å². The summed E-state index contributed by atoms with van der Waals surface area (Å²) in [6.07, 6.45) is 0.872. The van der Waals surface area contributed by atoms with Gasteiger partial charge in [-0.25, -0.2) is 4.79 Å². The number of carbonyl (C=O) groups is 2. The zero-order chi connectivity index (χ0) is 12.9. The highest BCUT2D eigenvalue weighted by Crippen LogP contribution is 2.16. The van der Waals surface area contributed by atoms with E-state index in [-0.39, 0.29) is 0 Å². The fourth-order valence-electron chi connectivity index (χ4n) is 1.18. The van der Waals surface area contributed by atoms with E-state index in [2.05, 4.69) is 5.32 Å². The summed E-state index contributed by atoms with van der Waals surface area (Å²) >= 11 is 1.52. The Morgan fingerprint density at radius 2 is 2.06 bits per heavy atom. The Hall–Kier alpha value is -1.36. The molecule has 0 saturated carbocycles. The molecule has 5 heteroatoms. The van der Waals surface area contributed by atoms with Crippen LogP contribution in [0.25, 0.3) is 0 Å². The number of hydrogen-bond acceptors (Lipinski definition) is 4. The monoisotopic (exact) mass is 255 g/mol. The van der Waals surface area contributed by atoms with Crippen LogP contribution in [0.5, 0.6) is 0 Å². The molecule has 1 N–H and O–H groups in total. The Morgan fingerprint density at radius 3 is 2.65 bits per heavy atom. The van der Waals surface area contributed by atoms with Crippen molar-refractivity contribution in [2.45, 2.75) is 39.3 Å². The first-order chi connectivity index (χ1) is 7.90. The van der Waals surface area contributed by atoms with Crippen molar-refractivity contribution < 1.29 is 14.3 Å². The SMILES string of the molecule is CC(C)(C)OC(=O)NCc1ccc(CC=O)s1. The number of thiophene rings is 1. The van der Waals surface area contributed by atoms with Crippen LogP contribution >= 0.6 is 11.3 Å². The quantitative estimate of drug-likeness (QED) is 0.841. The lowest BCUT2D eigenvalue weighted by Gasteiger charge is -2.19. The predicted molar refractivity (Wildman–Crippen MR) is 67.2 cm³/mol. The second kappa shape index (κ2) is 5.82. The van der Waals surface area contributed by atoms with Crippen LogP contribution in [0.3, 0.4) is 0 Å². The smallest absolute Gasteiger partial charge is 0.407 e. The average Bonchev–Trinajstić information content (AvgIpc) is 2.61. The van der Waals surface area contributed by atoms with Crippen LogP contribution < -0.4 is 5.32 Å². The van der Waals surface area contributed by atoms with Crippen LogP contribution in [0.2, 0.25) is 0 Å². The van der Waals surface area contributed by atoms with Crippen molar-refractivity contribution >= 4 is 23.7 Å². The van der Waals surface area contributed by atoms with Crippen molar-refractivity contribution in [2.24, 2.45) is 0 Å². The number of carbonyl (C=O) groups excluding carboxylic acids is 2. The molecule has 0 aliphatic rings. The van der Waals surface area contributed by atoms with Gasteiger partial charge in [0, 0.05) is 16.2 Å². The largest absolute Gasteiger partial charge is 0.444 e. The number of amides is 1. The molecule has 1 rings (SSSR count). The molecule has 0 bridgehead atoms. The first kappa shape index (κ1) is 13.7. The Balaban J connectivity index is 2.39. The van der Waals surface area contributed by atoms with Gasteiger partial charge in [-0.3, -0.25) is 0 Å². The molecular weight excluding hydrogens is 238 g/mol. The van der Waals surface area contributed by atoms with Crippen molar-refractivity contribution in [3.63, 3.8) is 0 Å². The minimum absolute atomic E-state index is 0.428. The predicted octanol–water partition coefficient (Wildman–Crippen LogP) is 2.51. The maximum Gasteiger partial charge on any atom is 0.407 e. The minimum Gasteiger partial charge on any atom is -0.444 e. The fraction of sp³-hybridized carbons (Fsp3) is 0.500. The lowest BCUT2D eigenvalue weighted by Crippen LogP contribution is -2.31. The van der Waals surface area contributed by atoms with Crippen LogP contribution in [0.1, 0.15) is 30.5 Å². The van der Waals surface area contributed by atoms with E-state index >= 15 is 0 Å². The summed E-state index contributed by atoms with van der Waals surface area (Å²) in [6.45, 7) is 5.89. The number of ether oxygens (including phenoxy) is 1.